The Morgan fingerprint density at radius 2 is 1.78 bits per heavy atom. The summed E-state index contributed by atoms with van der Waals surface area (Å²) in [5.41, 5.74) is 1.50. The molecule has 0 bridgehead atoms. The number of halogens is 1. The second-order valence-corrected chi connectivity index (χ2v) is 5.98. The fourth-order valence-electron chi connectivity index (χ4n) is 2.64. The molecule has 0 saturated carbocycles. The van der Waals surface area contributed by atoms with Crippen LogP contribution >= 0.6 is 24.0 Å². The highest BCUT2D eigenvalue weighted by atomic mass is 127. The van der Waals surface area contributed by atoms with Crippen LogP contribution in [-0.2, 0) is 4.74 Å². The highest BCUT2D eigenvalue weighted by Gasteiger charge is 2.04. The molecule has 0 unspecified atom stereocenters. The minimum absolute atomic E-state index is 0. The van der Waals surface area contributed by atoms with Crippen molar-refractivity contribution >= 4 is 29.9 Å². The third-order valence-corrected chi connectivity index (χ3v) is 4.09. The van der Waals surface area contributed by atoms with Gasteiger partial charge in [-0.25, -0.2) is 0 Å². The molecule has 4 nitrogen and oxygen atoms in total. The fourth-order valence-corrected chi connectivity index (χ4v) is 2.64. The molecule has 1 aliphatic heterocycles. The SMILES string of the molecule is CCCCCCCCCNC(=NC)NCCC1=CCOCC1.I. The van der Waals surface area contributed by atoms with Gasteiger partial charge in [0.2, 0.25) is 0 Å². The van der Waals surface area contributed by atoms with Crippen LogP contribution in [0.1, 0.15) is 64.7 Å². The maximum atomic E-state index is 5.32. The Labute approximate surface area is 160 Å². The van der Waals surface area contributed by atoms with Gasteiger partial charge in [-0.05, 0) is 19.3 Å². The van der Waals surface area contributed by atoms with Crippen LogP contribution in [0.4, 0.5) is 0 Å². The van der Waals surface area contributed by atoms with E-state index in [0.717, 1.165) is 45.1 Å². The molecule has 1 heterocycles. The molecule has 0 amide bonds. The molecule has 0 aromatic carbocycles. The lowest BCUT2D eigenvalue weighted by molar-refractivity contribution is 0.153. The highest BCUT2D eigenvalue weighted by Crippen LogP contribution is 2.10. The molecule has 1 rings (SSSR count). The number of nitrogens with zero attached hydrogens (tertiary/aromatic N) is 1. The van der Waals surface area contributed by atoms with E-state index in [1.165, 1.54) is 50.5 Å². The molecule has 136 valence electrons. The molecular weight excluding hydrogens is 401 g/mol. The van der Waals surface area contributed by atoms with E-state index in [4.69, 9.17) is 4.74 Å². The van der Waals surface area contributed by atoms with E-state index >= 15 is 0 Å². The molecule has 2 N–H and O–H groups in total. The number of hydrogen-bond acceptors (Lipinski definition) is 2. The zero-order valence-electron chi connectivity index (χ0n) is 15.0. The zero-order chi connectivity index (χ0) is 15.9. The summed E-state index contributed by atoms with van der Waals surface area (Å²) in [6.45, 7) is 5.88. The van der Waals surface area contributed by atoms with E-state index in [2.05, 4.69) is 28.6 Å². The average Bonchev–Trinajstić information content (AvgIpc) is 2.56. The van der Waals surface area contributed by atoms with Crippen molar-refractivity contribution in [1.29, 1.82) is 0 Å². The Hall–Kier alpha value is -0.300. The first-order valence-corrected chi connectivity index (χ1v) is 9.07. The predicted octanol–water partition coefficient (Wildman–Crippen LogP) is 4.26. The number of ether oxygens (including phenoxy) is 1. The first kappa shape index (κ1) is 22.7. The van der Waals surface area contributed by atoms with Crippen LogP contribution in [0.5, 0.6) is 0 Å². The summed E-state index contributed by atoms with van der Waals surface area (Å²) in [7, 11) is 1.84. The highest BCUT2D eigenvalue weighted by molar-refractivity contribution is 14.0. The van der Waals surface area contributed by atoms with Crippen LogP contribution in [0.15, 0.2) is 16.6 Å². The van der Waals surface area contributed by atoms with Gasteiger partial charge in [0.15, 0.2) is 5.96 Å². The summed E-state index contributed by atoms with van der Waals surface area (Å²) in [4.78, 5) is 4.28. The van der Waals surface area contributed by atoms with Gasteiger partial charge in [0.1, 0.15) is 0 Å². The first-order valence-electron chi connectivity index (χ1n) is 9.07. The van der Waals surface area contributed by atoms with Gasteiger partial charge in [-0.1, -0.05) is 57.1 Å². The quantitative estimate of drug-likeness (QED) is 0.167. The first-order chi connectivity index (χ1) is 10.9. The summed E-state index contributed by atoms with van der Waals surface area (Å²) in [6, 6.07) is 0. The molecule has 1 aliphatic rings. The lowest BCUT2D eigenvalue weighted by Gasteiger charge is -2.15. The van der Waals surface area contributed by atoms with E-state index in [1.54, 1.807) is 0 Å². The lowest BCUT2D eigenvalue weighted by atomic mass is 10.1. The van der Waals surface area contributed by atoms with Gasteiger partial charge in [-0.2, -0.15) is 0 Å². The van der Waals surface area contributed by atoms with E-state index in [-0.39, 0.29) is 24.0 Å². The van der Waals surface area contributed by atoms with Crippen molar-refractivity contribution in [2.75, 3.05) is 33.4 Å². The number of unbranched alkanes of at least 4 members (excludes halogenated alkanes) is 6. The molecular formula is C18H36IN3O. The standard InChI is InChI=1S/C18H35N3O.HI/c1-3-4-5-6-7-8-9-13-20-18(19-2)21-14-10-17-11-15-22-16-12-17;/h11H,3-10,12-16H2,1-2H3,(H2,19,20,21);1H. The van der Waals surface area contributed by atoms with Crippen molar-refractivity contribution in [2.45, 2.75) is 64.7 Å². The van der Waals surface area contributed by atoms with Gasteiger partial charge in [-0.3, -0.25) is 4.99 Å². The molecule has 0 aliphatic carbocycles. The summed E-state index contributed by atoms with van der Waals surface area (Å²) >= 11 is 0. The third-order valence-electron chi connectivity index (χ3n) is 4.09. The van der Waals surface area contributed by atoms with Crippen molar-refractivity contribution < 1.29 is 4.74 Å². The van der Waals surface area contributed by atoms with Gasteiger partial charge >= 0.3 is 0 Å². The normalized spacial score (nSPS) is 14.9. The Morgan fingerprint density at radius 1 is 1.09 bits per heavy atom. The molecule has 5 heteroatoms. The average molecular weight is 437 g/mol. The molecule has 0 aromatic rings. The monoisotopic (exact) mass is 437 g/mol. The Bertz CT molecular complexity index is 332. The number of guanidine groups is 1. The van der Waals surface area contributed by atoms with Crippen LogP contribution in [0.2, 0.25) is 0 Å². The third kappa shape index (κ3) is 12.8. The van der Waals surface area contributed by atoms with Crippen LogP contribution in [0.3, 0.4) is 0 Å². The van der Waals surface area contributed by atoms with Crippen molar-refractivity contribution in [3.05, 3.63) is 11.6 Å². The van der Waals surface area contributed by atoms with Gasteiger partial charge in [-0.15, -0.1) is 24.0 Å². The van der Waals surface area contributed by atoms with Crippen molar-refractivity contribution in [3.8, 4) is 0 Å². The van der Waals surface area contributed by atoms with Crippen molar-refractivity contribution in [3.63, 3.8) is 0 Å². The molecule has 0 aromatic heterocycles. The van der Waals surface area contributed by atoms with Gasteiger partial charge < -0.3 is 15.4 Å². The Kier molecular flexibility index (Phi) is 16.3. The van der Waals surface area contributed by atoms with Gasteiger partial charge in [0, 0.05) is 20.1 Å². The largest absolute Gasteiger partial charge is 0.377 e. The number of rotatable bonds is 11. The van der Waals surface area contributed by atoms with Crippen molar-refractivity contribution in [1.82, 2.24) is 10.6 Å². The molecule has 0 fully saturated rings. The smallest absolute Gasteiger partial charge is 0.190 e. The zero-order valence-corrected chi connectivity index (χ0v) is 17.4. The number of hydrogen-bond donors (Lipinski definition) is 2. The molecule has 23 heavy (non-hydrogen) atoms. The Balaban J connectivity index is 0.00000484. The fraction of sp³-hybridized carbons (Fsp3) is 0.833. The van der Waals surface area contributed by atoms with E-state index in [0.29, 0.717) is 0 Å². The minimum Gasteiger partial charge on any atom is -0.377 e. The van der Waals surface area contributed by atoms with Crippen LogP contribution in [-0.4, -0.2) is 39.3 Å². The second kappa shape index (κ2) is 16.6. The molecule has 0 saturated heterocycles. The summed E-state index contributed by atoms with van der Waals surface area (Å²) in [5.74, 6) is 0.929. The van der Waals surface area contributed by atoms with E-state index < -0.39 is 0 Å². The maximum Gasteiger partial charge on any atom is 0.190 e. The number of nitrogens with one attached hydrogen (secondary N) is 2. The van der Waals surface area contributed by atoms with Crippen LogP contribution < -0.4 is 10.6 Å². The molecule has 0 radical (unpaired) electrons. The van der Waals surface area contributed by atoms with Gasteiger partial charge in [0.05, 0.1) is 13.2 Å². The second-order valence-electron chi connectivity index (χ2n) is 5.98. The lowest BCUT2D eigenvalue weighted by Crippen LogP contribution is -2.38. The van der Waals surface area contributed by atoms with Crippen LogP contribution in [0.25, 0.3) is 0 Å². The number of aliphatic imine (C=N–C) groups is 1. The Morgan fingerprint density at radius 3 is 2.43 bits per heavy atom. The maximum absolute atomic E-state index is 5.32. The summed E-state index contributed by atoms with van der Waals surface area (Å²) in [5, 5.41) is 6.80. The summed E-state index contributed by atoms with van der Waals surface area (Å²) < 4.78 is 5.32. The summed E-state index contributed by atoms with van der Waals surface area (Å²) in [6.07, 6.45) is 13.8. The molecule has 0 spiro atoms. The predicted molar refractivity (Wildman–Crippen MR) is 111 cm³/mol. The minimum atomic E-state index is 0. The van der Waals surface area contributed by atoms with E-state index in [9.17, 15) is 0 Å². The van der Waals surface area contributed by atoms with Crippen molar-refractivity contribution in [2.24, 2.45) is 4.99 Å². The van der Waals surface area contributed by atoms with E-state index in [1.807, 2.05) is 7.05 Å². The molecule has 0 atom stereocenters. The van der Waals surface area contributed by atoms with Gasteiger partial charge in [0.25, 0.3) is 0 Å². The van der Waals surface area contributed by atoms with Crippen LogP contribution in [0, 0.1) is 0 Å². The topological polar surface area (TPSA) is 45.7 Å².